The molecular weight excluding hydrogens is 411 g/mol. The number of pyridine rings is 1. The molecule has 2 saturated heterocycles. The van der Waals surface area contributed by atoms with E-state index in [1.807, 2.05) is 18.5 Å². The van der Waals surface area contributed by atoms with Gasteiger partial charge in [0.2, 0.25) is 0 Å². The van der Waals surface area contributed by atoms with Crippen molar-refractivity contribution in [2.75, 3.05) is 29.4 Å². The van der Waals surface area contributed by atoms with Gasteiger partial charge in [-0.05, 0) is 37.5 Å². The number of β-amino-alcohol motifs (C(OH)–C–C–N with tert-alkyl or cyclic N) is 1. The molecule has 2 atom stereocenters. The van der Waals surface area contributed by atoms with Crippen LogP contribution in [0.2, 0.25) is 0 Å². The molecule has 0 spiro atoms. The fraction of sp³-hybridized carbons (Fsp3) is 0.364. The van der Waals surface area contributed by atoms with Crippen LogP contribution < -0.4 is 9.80 Å². The largest absolute Gasteiger partial charge is 0.391 e. The Morgan fingerprint density at radius 3 is 2.88 bits per heavy atom. The first-order chi connectivity index (χ1) is 15.7. The fourth-order valence-corrected chi connectivity index (χ4v) is 4.72. The molecule has 0 aliphatic carbocycles. The first-order valence-electron chi connectivity index (χ1n) is 10.9. The molecule has 2 aliphatic heterocycles. The zero-order valence-electron chi connectivity index (χ0n) is 17.4. The predicted octanol–water partition coefficient (Wildman–Crippen LogP) is 2.36. The van der Waals surface area contributed by atoms with Crippen LogP contribution in [0.4, 0.5) is 15.9 Å². The van der Waals surface area contributed by atoms with E-state index in [9.17, 15) is 9.50 Å². The first-order valence-corrected chi connectivity index (χ1v) is 10.9. The molecule has 10 heteroatoms. The second-order valence-corrected chi connectivity index (χ2v) is 8.34. The van der Waals surface area contributed by atoms with Gasteiger partial charge >= 0.3 is 0 Å². The third kappa shape index (κ3) is 3.18. The number of aliphatic hydroxyl groups is 1. The van der Waals surface area contributed by atoms with Crippen LogP contribution in [0.25, 0.3) is 11.3 Å². The number of fused-ring (bicyclic) bond motifs is 1. The molecule has 0 aromatic carbocycles. The lowest BCUT2D eigenvalue weighted by Gasteiger charge is -2.25. The number of aromatic nitrogens is 6. The van der Waals surface area contributed by atoms with Crippen molar-refractivity contribution in [3.63, 3.8) is 0 Å². The zero-order chi connectivity index (χ0) is 21.7. The lowest BCUT2D eigenvalue weighted by molar-refractivity contribution is 0.198. The fourth-order valence-electron chi connectivity index (χ4n) is 4.72. The molecular formula is C22H23FN8O. The molecule has 9 nitrogen and oxygen atoms in total. The second kappa shape index (κ2) is 7.56. The summed E-state index contributed by atoms with van der Waals surface area (Å²) in [5.74, 6) is 0.480. The Morgan fingerprint density at radius 1 is 1.09 bits per heavy atom. The number of anilines is 2. The van der Waals surface area contributed by atoms with E-state index in [1.165, 1.54) is 6.07 Å². The number of hydrogen-bond donors (Lipinski definition) is 1. The van der Waals surface area contributed by atoms with E-state index >= 15 is 0 Å². The molecule has 0 amide bonds. The van der Waals surface area contributed by atoms with Gasteiger partial charge in [0.25, 0.3) is 0 Å². The van der Waals surface area contributed by atoms with Gasteiger partial charge in [-0.15, -0.1) is 0 Å². The van der Waals surface area contributed by atoms with Crippen molar-refractivity contribution in [3.05, 3.63) is 60.7 Å². The van der Waals surface area contributed by atoms with Crippen LogP contribution in [-0.2, 0) is 0 Å². The highest BCUT2D eigenvalue weighted by atomic mass is 19.1. The van der Waals surface area contributed by atoms with E-state index in [1.54, 1.807) is 33.9 Å². The highest BCUT2D eigenvalue weighted by Crippen LogP contribution is 2.35. The summed E-state index contributed by atoms with van der Waals surface area (Å²) in [6.07, 6.45) is 11.2. The van der Waals surface area contributed by atoms with E-state index in [0.29, 0.717) is 17.9 Å². The summed E-state index contributed by atoms with van der Waals surface area (Å²) in [6.45, 7) is 2.21. The minimum Gasteiger partial charge on any atom is -0.391 e. The van der Waals surface area contributed by atoms with Gasteiger partial charge in [-0.3, -0.25) is 4.98 Å². The van der Waals surface area contributed by atoms with Crippen LogP contribution in [0.5, 0.6) is 0 Å². The Morgan fingerprint density at radius 2 is 2.03 bits per heavy atom. The standard InChI is InChI=1S/C22H23FN8O/c23-17-3-1-7-24-21(17)18-4-2-8-29(18)20-6-10-30-22(27-20)19(12-26-30)31-13-15(11-25-31)28-9-5-16(32)14-28/h1,3,6-7,10-13,16,18,32H,2,4-5,8-9,14H2/t16?,18-/m0/s1. The van der Waals surface area contributed by atoms with E-state index in [0.717, 1.165) is 49.5 Å². The number of halogens is 1. The van der Waals surface area contributed by atoms with Gasteiger partial charge in [0.15, 0.2) is 5.65 Å². The molecule has 6 rings (SSSR count). The Kier molecular flexibility index (Phi) is 4.53. The Labute approximate surface area is 183 Å². The van der Waals surface area contributed by atoms with Crippen LogP contribution in [0.15, 0.2) is 49.2 Å². The maximum atomic E-state index is 14.4. The summed E-state index contributed by atoms with van der Waals surface area (Å²) in [6, 6.07) is 4.83. The molecule has 0 bridgehead atoms. The number of aliphatic hydroxyl groups excluding tert-OH is 1. The zero-order valence-corrected chi connectivity index (χ0v) is 17.4. The van der Waals surface area contributed by atoms with Crippen molar-refractivity contribution >= 4 is 17.2 Å². The lowest BCUT2D eigenvalue weighted by atomic mass is 10.1. The van der Waals surface area contributed by atoms with Crippen molar-refractivity contribution < 1.29 is 9.50 Å². The van der Waals surface area contributed by atoms with Gasteiger partial charge < -0.3 is 14.9 Å². The molecule has 6 heterocycles. The molecule has 0 radical (unpaired) electrons. The summed E-state index contributed by atoms with van der Waals surface area (Å²) in [7, 11) is 0. The van der Waals surface area contributed by atoms with Gasteiger partial charge in [-0.25, -0.2) is 18.6 Å². The second-order valence-electron chi connectivity index (χ2n) is 8.34. The lowest BCUT2D eigenvalue weighted by Crippen LogP contribution is -2.25. The Bertz CT molecular complexity index is 1270. The molecule has 32 heavy (non-hydrogen) atoms. The van der Waals surface area contributed by atoms with Crippen molar-refractivity contribution in [1.82, 2.24) is 29.4 Å². The number of hydrogen-bond acceptors (Lipinski definition) is 7. The minimum atomic E-state index is -0.295. The van der Waals surface area contributed by atoms with E-state index in [4.69, 9.17) is 4.98 Å². The number of rotatable bonds is 4. The van der Waals surface area contributed by atoms with Crippen LogP contribution in [-0.4, -0.2) is 60.2 Å². The minimum absolute atomic E-state index is 0.143. The normalized spacial score (nSPS) is 21.2. The highest BCUT2D eigenvalue weighted by molar-refractivity contribution is 5.62. The molecule has 4 aromatic rings. The smallest absolute Gasteiger partial charge is 0.183 e. The molecule has 2 aliphatic rings. The Balaban J connectivity index is 1.34. The molecule has 1 unspecified atom stereocenters. The maximum Gasteiger partial charge on any atom is 0.183 e. The first kappa shape index (κ1) is 19.2. The van der Waals surface area contributed by atoms with Gasteiger partial charge in [0, 0.05) is 32.0 Å². The summed E-state index contributed by atoms with van der Waals surface area (Å²) in [5, 5.41) is 18.8. The van der Waals surface area contributed by atoms with E-state index in [-0.39, 0.29) is 18.0 Å². The van der Waals surface area contributed by atoms with Crippen LogP contribution >= 0.6 is 0 Å². The Hall–Kier alpha value is -3.53. The molecule has 4 aromatic heterocycles. The van der Waals surface area contributed by atoms with Gasteiger partial charge in [0.05, 0.1) is 42.1 Å². The SMILES string of the molecule is OC1CCN(c2cnn(-c3cnn4ccc(N5CCC[C@H]5c5ncccc5F)nc34)c2)C1. The van der Waals surface area contributed by atoms with Crippen LogP contribution in [0, 0.1) is 5.82 Å². The van der Waals surface area contributed by atoms with Crippen LogP contribution in [0.1, 0.15) is 31.0 Å². The van der Waals surface area contributed by atoms with Crippen LogP contribution in [0.3, 0.4) is 0 Å². The summed E-state index contributed by atoms with van der Waals surface area (Å²) in [5.41, 5.74) is 2.86. The third-order valence-corrected chi connectivity index (χ3v) is 6.33. The monoisotopic (exact) mass is 434 g/mol. The molecule has 0 saturated carbocycles. The molecule has 1 N–H and O–H groups in total. The maximum absolute atomic E-state index is 14.4. The molecule has 164 valence electrons. The van der Waals surface area contributed by atoms with Gasteiger partial charge in [-0.1, -0.05) is 0 Å². The average Bonchev–Trinajstić information content (AvgIpc) is 3.59. The van der Waals surface area contributed by atoms with Crippen molar-refractivity contribution in [2.45, 2.75) is 31.4 Å². The van der Waals surface area contributed by atoms with E-state index < -0.39 is 0 Å². The predicted molar refractivity (Wildman–Crippen MR) is 116 cm³/mol. The van der Waals surface area contributed by atoms with Gasteiger partial charge in [-0.2, -0.15) is 10.2 Å². The quantitative estimate of drug-likeness (QED) is 0.528. The molecule has 2 fully saturated rings. The summed E-state index contributed by atoms with van der Waals surface area (Å²) in [4.78, 5) is 13.4. The summed E-state index contributed by atoms with van der Waals surface area (Å²) < 4.78 is 17.9. The van der Waals surface area contributed by atoms with Crippen molar-refractivity contribution in [3.8, 4) is 5.69 Å². The average molecular weight is 434 g/mol. The summed E-state index contributed by atoms with van der Waals surface area (Å²) >= 11 is 0. The van der Waals surface area contributed by atoms with Gasteiger partial charge in [0.1, 0.15) is 17.3 Å². The van der Waals surface area contributed by atoms with Crippen molar-refractivity contribution in [2.24, 2.45) is 0 Å². The number of nitrogens with zero attached hydrogens (tertiary/aromatic N) is 8. The topological polar surface area (TPSA) is 87.6 Å². The van der Waals surface area contributed by atoms with Crippen molar-refractivity contribution in [1.29, 1.82) is 0 Å². The highest BCUT2D eigenvalue weighted by Gasteiger charge is 2.30. The van der Waals surface area contributed by atoms with E-state index in [2.05, 4.69) is 25.0 Å². The third-order valence-electron chi connectivity index (χ3n) is 6.33.